The van der Waals surface area contributed by atoms with Gasteiger partial charge in [0.15, 0.2) is 0 Å². The molecule has 0 saturated carbocycles. The zero-order valence-electron chi connectivity index (χ0n) is 12.8. The third-order valence-electron chi connectivity index (χ3n) is 3.90. The molecule has 2 aliphatic heterocycles. The van der Waals surface area contributed by atoms with Gasteiger partial charge in [-0.25, -0.2) is 9.98 Å². The van der Waals surface area contributed by atoms with Gasteiger partial charge in [-0.1, -0.05) is 17.7 Å². The second-order valence-corrected chi connectivity index (χ2v) is 7.05. The predicted molar refractivity (Wildman–Crippen MR) is 103 cm³/mol. The van der Waals surface area contributed by atoms with Gasteiger partial charge in [0.25, 0.3) is 0 Å². The highest BCUT2D eigenvalue weighted by Crippen LogP contribution is 2.43. The van der Waals surface area contributed by atoms with E-state index in [2.05, 4.69) is 31.2 Å². The number of anilines is 2. The van der Waals surface area contributed by atoms with Crippen molar-refractivity contribution in [1.82, 2.24) is 9.88 Å². The minimum Gasteiger partial charge on any atom is -0.443 e. The van der Waals surface area contributed by atoms with Crippen LogP contribution >= 0.6 is 39.1 Å². The fourth-order valence-electron chi connectivity index (χ4n) is 2.78. The van der Waals surface area contributed by atoms with Crippen LogP contribution in [0.4, 0.5) is 11.5 Å². The summed E-state index contributed by atoms with van der Waals surface area (Å²) in [5.41, 5.74) is 8.35. The summed E-state index contributed by atoms with van der Waals surface area (Å²) in [4.78, 5) is 10.6. The van der Waals surface area contributed by atoms with Crippen molar-refractivity contribution < 1.29 is 4.74 Å². The summed E-state index contributed by atoms with van der Waals surface area (Å²) in [6.45, 7) is 0.840. The Bertz CT molecular complexity index is 931. The number of nitrogens with one attached hydrogen (secondary N) is 1. The Balaban J connectivity index is 1.84. The molecule has 2 aliphatic rings. The molecule has 0 atom stereocenters. The first-order valence-corrected chi connectivity index (χ1v) is 8.91. The number of hydrogen-bond donors (Lipinski definition) is 2. The second kappa shape index (κ2) is 6.40. The average molecular weight is 441 g/mol. The Labute approximate surface area is 162 Å². The number of amidine groups is 1. The number of hydrogen-bond acceptors (Lipinski definition) is 6. The number of aromatic nitrogens is 1. The summed E-state index contributed by atoms with van der Waals surface area (Å²) in [6.07, 6.45) is 3.34. The molecule has 6 nitrogen and oxygen atoms in total. The smallest absolute Gasteiger partial charge is 0.210 e. The number of nitrogens with zero attached hydrogens (tertiary/aromatic N) is 3. The van der Waals surface area contributed by atoms with Gasteiger partial charge in [0.05, 0.1) is 29.0 Å². The highest BCUT2D eigenvalue weighted by atomic mass is 79.9. The highest BCUT2D eigenvalue weighted by molar-refractivity contribution is 9.10. The van der Waals surface area contributed by atoms with E-state index in [4.69, 9.17) is 33.7 Å². The van der Waals surface area contributed by atoms with Gasteiger partial charge < -0.3 is 20.7 Å². The first-order valence-electron chi connectivity index (χ1n) is 7.36. The van der Waals surface area contributed by atoms with Gasteiger partial charge in [0, 0.05) is 16.2 Å². The van der Waals surface area contributed by atoms with Crippen LogP contribution in [0.5, 0.6) is 5.75 Å². The van der Waals surface area contributed by atoms with Gasteiger partial charge >= 0.3 is 0 Å². The van der Waals surface area contributed by atoms with Crippen molar-refractivity contribution in [2.45, 2.75) is 6.54 Å². The lowest BCUT2D eigenvalue weighted by atomic mass is 10.1. The predicted octanol–water partition coefficient (Wildman–Crippen LogP) is 4.14. The van der Waals surface area contributed by atoms with Crippen LogP contribution < -0.4 is 15.8 Å². The number of halogens is 3. The molecule has 1 aromatic carbocycles. The summed E-state index contributed by atoms with van der Waals surface area (Å²) >= 11 is 16.1. The van der Waals surface area contributed by atoms with Crippen molar-refractivity contribution in [2.24, 2.45) is 4.99 Å². The molecule has 128 valence electrons. The number of benzene rings is 1. The topological polar surface area (TPSA) is 75.8 Å². The van der Waals surface area contributed by atoms with E-state index in [1.807, 2.05) is 17.0 Å². The van der Waals surface area contributed by atoms with Crippen molar-refractivity contribution in [3.8, 4) is 5.75 Å². The molecule has 25 heavy (non-hydrogen) atoms. The maximum Gasteiger partial charge on any atom is 0.210 e. The standard InChI is InChI=1S/C16H12BrCl2N5O/c17-9-4-10-12-14(13(9)19)22-7-23-16(12)24(6-11(18)25-10)5-8-2-1-3-21-15(8)20/h1-4,6,22H,5,7H2,(H2,20,21). The quantitative estimate of drug-likeness (QED) is 0.733. The van der Waals surface area contributed by atoms with Gasteiger partial charge in [0.1, 0.15) is 24.1 Å². The van der Waals surface area contributed by atoms with Crippen molar-refractivity contribution in [2.75, 3.05) is 17.7 Å². The van der Waals surface area contributed by atoms with Gasteiger partial charge in [-0.15, -0.1) is 0 Å². The number of pyridine rings is 1. The van der Waals surface area contributed by atoms with E-state index in [1.165, 1.54) is 0 Å². The lowest BCUT2D eigenvalue weighted by Crippen LogP contribution is -2.30. The van der Waals surface area contributed by atoms with Crippen LogP contribution in [0.2, 0.25) is 5.02 Å². The number of rotatable bonds is 2. The monoisotopic (exact) mass is 439 g/mol. The van der Waals surface area contributed by atoms with E-state index < -0.39 is 0 Å². The molecule has 0 spiro atoms. The Morgan fingerprint density at radius 1 is 1.40 bits per heavy atom. The van der Waals surface area contributed by atoms with Crippen LogP contribution in [0.25, 0.3) is 0 Å². The van der Waals surface area contributed by atoms with Gasteiger partial charge in [0.2, 0.25) is 5.22 Å². The largest absolute Gasteiger partial charge is 0.443 e. The third kappa shape index (κ3) is 2.92. The average Bonchev–Trinajstić information content (AvgIpc) is 2.72. The maximum atomic E-state index is 6.43. The Kier molecular flexibility index (Phi) is 4.23. The summed E-state index contributed by atoms with van der Waals surface area (Å²) in [5, 5.41) is 3.97. The fraction of sp³-hybridized carbons (Fsp3) is 0.125. The number of nitrogens with two attached hydrogens (primary N) is 1. The molecule has 9 heteroatoms. The molecule has 0 bridgehead atoms. The molecule has 0 saturated heterocycles. The Morgan fingerprint density at radius 3 is 3.04 bits per heavy atom. The first kappa shape index (κ1) is 16.5. The molecule has 0 unspecified atom stereocenters. The van der Waals surface area contributed by atoms with E-state index in [0.717, 1.165) is 16.8 Å². The molecule has 4 rings (SSSR count). The van der Waals surface area contributed by atoms with Crippen molar-refractivity contribution in [3.63, 3.8) is 0 Å². The fourth-order valence-corrected chi connectivity index (χ4v) is 3.60. The van der Waals surface area contributed by atoms with Crippen LogP contribution in [-0.4, -0.2) is 22.4 Å². The maximum absolute atomic E-state index is 6.43. The molecule has 0 fully saturated rings. The first-order chi connectivity index (χ1) is 12.0. The summed E-state index contributed by atoms with van der Waals surface area (Å²) in [7, 11) is 0. The lowest BCUT2D eigenvalue weighted by Gasteiger charge is -2.27. The molecular weight excluding hydrogens is 429 g/mol. The van der Waals surface area contributed by atoms with E-state index in [9.17, 15) is 0 Å². The molecule has 0 amide bonds. The van der Waals surface area contributed by atoms with Gasteiger partial charge in [-0.05, 0) is 39.7 Å². The van der Waals surface area contributed by atoms with Crippen LogP contribution in [-0.2, 0) is 6.54 Å². The minimum atomic E-state index is 0.219. The minimum absolute atomic E-state index is 0.219. The Hall–Kier alpha value is -1.96. The third-order valence-corrected chi connectivity index (χ3v) is 5.32. The van der Waals surface area contributed by atoms with E-state index in [1.54, 1.807) is 18.5 Å². The summed E-state index contributed by atoms with van der Waals surface area (Å²) < 4.78 is 6.48. The molecule has 3 heterocycles. The van der Waals surface area contributed by atoms with E-state index in [0.29, 0.717) is 40.1 Å². The number of nitrogen functional groups attached to an aromatic ring is 1. The molecule has 0 aliphatic carbocycles. The zero-order chi connectivity index (χ0) is 17.6. The van der Waals surface area contributed by atoms with Crippen molar-refractivity contribution in [3.05, 3.63) is 56.4 Å². The normalized spacial score (nSPS) is 15.4. The van der Waals surface area contributed by atoms with Crippen LogP contribution in [0.3, 0.4) is 0 Å². The second-order valence-electron chi connectivity index (χ2n) is 5.45. The van der Waals surface area contributed by atoms with Crippen molar-refractivity contribution >= 4 is 56.5 Å². The molecule has 2 aromatic rings. The summed E-state index contributed by atoms with van der Waals surface area (Å²) in [5.74, 6) is 1.73. The molecule has 0 radical (unpaired) electrons. The zero-order valence-corrected chi connectivity index (χ0v) is 15.9. The molecule has 3 N–H and O–H groups in total. The summed E-state index contributed by atoms with van der Waals surface area (Å²) in [6, 6.07) is 5.53. The van der Waals surface area contributed by atoms with E-state index in [-0.39, 0.29) is 5.22 Å². The molecule has 1 aromatic heterocycles. The molecular formula is C16H12BrCl2N5O. The van der Waals surface area contributed by atoms with Gasteiger partial charge in [-0.2, -0.15) is 0 Å². The SMILES string of the molecule is Nc1ncccc1CN1C=C(Cl)Oc2cc(Br)c(Cl)c3c2C1=NCN3. The van der Waals surface area contributed by atoms with E-state index >= 15 is 0 Å². The van der Waals surface area contributed by atoms with Crippen LogP contribution in [0, 0.1) is 0 Å². The lowest BCUT2D eigenvalue weighted by molar-refractivity contribution is 0.449. The number of ether oxygens (including phenoxy) is 1. The van der Waals surface area contributed by atoms with Crippen LogP contribution in [0.1, 0.15) is 11.1 Å². The van der Waals surface area contributed by atoms with Crippen molar-refractivity contribution in [1.29, 1.82) is 0 Å². The van der Waals surface area contributed by atoms with Crippen LogP contribution in [0.15, 0.2) is 45.3 Å². The highest BCUT2D eigenvalue weighted by Gasteiger charge is 2.30. The van der Waals surface area contributed by atoms with Gasteiger partial charge in [-0.3, -0.25) is 0 Å². The number of aliphatic imine (C=N–C) groups is 1. The Morgan fingerprint density at radius 2 is 2.24 bits per heavy atom.